The molecule has 4 rings (SSSR count). The van der Waals surface area contributed by atoms with Gasteiger partial charge in [-0.15, -0.1) is 0 Å². The zero-order valence-corrected chi connectivity index (χ0v) is 14.3. The van der Waals surface area contributed by atoms with Crippen LogP contribution in [0, 0.1) is 5.92 Å². The van der Waals surface area contributed by atoms with Crippen molar-refractivity contribution >= 4 is 5.91 Å². The maximum absolute atomic E-state index is 12.8. The fourth-order valence-corrected chi connectivity index (χ4v) is 3.95. The van der Waals surface area contributed by atoms with Crippen LogP contribution < -0.4 is 20.9 Å². The molecule has 0 spiro atoms. The quantitative estimate of drug-likeness (QED) is 0.625. The van der Waals surface area contributed by atoms with Crippen LogP contribution in [-0.4, -0.2) is 42.2 Å². The second-order valence-electron chi connectivity index (χ2n) is 7.36. The van der Waals surface area contributed by atoms with Crippen molar-refractivity contribution in [3.63, 3.8) is 0 Å². The lowest BCUT2D eigenvalue weighted by Crippen LogP contribution is -2.48. The van der Waals surface area contributed by atoms with Crippen LogP contribution in [0.3, 0.4) is 0 Å². The summed E-state index contributed by atoms with van der Waals surface area (Å²) in [6.45, 7) is 0.657. The zero-order chi connectivity index (χ0) is 18.3. The summed E-state index contributed by atoms with van der Waals surface area (Å²) in [6.07, 6.45) is -0.743. The first-order chi connectivity index (χ1) is 12.5. The lowest BCUT2D eigenvalue weighted by Gasteiger charge is -2.38. The van der Waals surface area contributed by atoms with Gasteiger partial charge in [-0.3, -0.25) is 4.79 Å². The lowest BCUT2D eigenvalue weighted by molar-refractivity contribution is -0.124. The minimum atomic E-state index is -2.52. The molecule has 8 heteroatoms. The number of benzene rings is 1. The number of halogens is 2. The number of hydrogen-bond donors (Lipinski definition) is 4. The molecule has 6 nitrogen and oxygen atoms in total. The molecular formula is C18H23F2N3O3. The van der Waals surface area contributed by atoms with Crippen molar-refractivity contribution < 1.29 is 23.4 Å². The maximum atomic E-state index is 12.8. The third-order valence-electron chi connectivity index (χ3n) is 5.54. The van der Waals surface area contributed by atoms with Gasteiger partial charge in [0.25, 0.3) is 6.43 Å². The molecule has 2 fully saturated rings. The third-order valence-corrected chi connectivity index (χ3v) is 5.54. The molecule has 0 aromatic heterocycles. The molecule has 1 aliphatic carbocycles. The van der Waals surface area contributed by atoms with Crippen molar-refractivity contribution in [3.8, 4) is 5.75 Å². The van der Waals surface area contributed by atoms with E-state index in [9.17, 15) is 18.7 Å². The van der Waals surface area contributed by atoms with Gasteiger partial charge in [0.2, 0.25) is 5.91 Å². The van der Waals surface area contributed by atoms with Gasteiger partial charge in [-0.05, 0) is 48.4 Å². The SMILES string of the molecule is O=C(NC(c1ccc2c(c1)CCO2)C1CC(O)C1)C1CC(C(F)F)NN1. The van der Waals surface area contributed by atoms with Crippen molar-refractivity contribution in [1.82, 2.24) is 16.2 Å². The molecule has 1 amide bonds. The summed E-state index contributed by atoms with van der Waals surface area (Å²) in [7, 11) is 0. The summed E-state index contributed by atoms with van der Waals surface area (Å²) in [4.78, 5) is 12.6. The Morgan fingerprint density at radius 2 is 2.08 bits per heavy atom. The van der Waals surface area contributed by atoms with Crippen LogP contribution in [-0.2, 0) is 11.2 Å². The van der Waals surface area contributed by atoms with Crippen molar-refractivity contribution in [2.75, 3.05) is 6.61 Å². The minimum Gasteiger partial charge on any atom is -0.493 e. The molecule has 2 aliphatic heterocycles. The van der Waals surface area contributed by atoms with E-state index in [1.165, 1.54) is 0 Å². The highest BCUT2D eigenvalue weighted by Gasteiger charge is 2.39. The lowest BCUT2D eigenvalue weighted by atomic mass is 9.74. The topological polar surface area (TPSA) is 82.6 Å². The van der Waals surface area contributed by atoms with E-state index in [0.717, 1.165) is 23.3 Å². The Bertz CT molecular complexity index is 682. The average molecular weight is 367 g/mol. The monoisotopic (exact) mass is 367 g/mol. The number of carbonyl (C=O) groups is 1. The van der Waals surface area contributed by atoms with Crippen LogP contribution in [0.1, 0.15) is 36.4 Å². The Morgan fingerprint density at radius 1 is 1.27 bits per heavy atom. The van der Waals surface area contributed by atoms with Crippen LogP contribution >= 0.6 is 0 Å². The molecular weight excluding hydrogens is 344 g/mol. The average Bonchev–Trinajstić information content (AvgIpc) is 3.25. The molecule has 1 aromatic rings. The molecule has 1 saturated heterocycles. The Morgan fingerprint density at radius 3 is 2.77 bits per heavy atom. The Labute approximate surface area is 150 Å². The highest BCUT2D eigenvalue weighted by Crippen LogP contribution is 2.40. The van der Waals surface area contributed by atoms with Gasteiger partial charge in [0, 0.05) is 6.42 Å². The standard InChI is InChI=1S/C18H23F2N3O3/c19-17(20)13-8-14(23-22-13)18(25)21-16(11-6-12(24)7-11)10-1-2-15-9(5-10)3-4-26-15/h1-2,5,11-14,16-17,22-24H,3-4,6-8H2,(H,21,25). The minimum absolute atomic E-state index is 0.0432. The summed E-state index contributed by atoms with van der Waals surface area (Å²) >= 11 is 0. The van der Waals surface area contributed by atoms with Gasteiger partial charge in [-0.1, -0.05) is 6.07 Å². The number of amides is 1. The van der Waals surface area contributed by atoms with Crippen molar-refractivity contribution in [3.05, 3.63) is 29.3 Å². The molecule has 2 heterocycles. The summed E-state index contributed by atoms with van der Waals surface area (Å²) in [5, 5.41) is 12.7. The number of hydrazine groups is 1. The highest BCUT2D eigenvalue weighted by molar-refractivity contribution is 5.82. The van der Waals surface area contributed by atoms with Gasteiger partial charge < -0.3 is 15.2 Å². The molecule has 142 valence electrons. The van der Waals surface area contributed by atoms with E-state index in [-0.39, 0.29) is 30.4 Å². The summed E-state index contributed by atoms with van der Waals surface area (Å²) < 4.78 is 31.1. The third kappa shape index (κ3) is 3.41. The second-order valence-corrected chi connectivity index (χ2v) is 7.36. The van der Waals surface area contributed by atoms with E-state index < -0.39 is 18.5 Å². The first-order valence-corrected chi connectivity index (χ1v) is 9.04. The molecule has 0 radical (unpaired) electrons. The Balaban J connectivity index is 1.48. The number of hydrogen-bond acceptors (Lipinski definition) is 5. The van der Waals surface area contributed by atoms with Gasteiger partial charge in [-0.25, -0.2) is 19.6 Å². The molecule has 0 bridgehead atoms. The van der Waals surface area contributed by atoms with Gasteiger partial charge in [0.15, 0.2) is 0 Å². The van der Waals surface area contributed by atoms with Crippen molar-refractivity contribution in [2.45, 2.75) is 56.3 Å². The fraction of sp³-hybridized carbons (Fsp3) is 0.611. The van der Waals surface area contributed by atoms with Crippen molar-refractivity contribution in [2.24, 2.45) is 5.92 Å². The molecule has 3 unspecified atom stereocenters. The second kappa shape index (κ2) is 7.09. The first kappa shape index (κ1) is 17.6. The molecule has 1 aromatic carbocycles. The van der Waals surface area contributed by atoms with Crippen LogP contribution in [0.4, 0.5) is 8.78 Å². The van der Waals surface area contributed by atoms with E-state index in [2.05, 4.69) is 16.2 Å². The summed E-state index contributed by atoms with van der Waals surface area (Å²) in [5.74, 6) is 0.701. The van der Waals surface area contributed by atoms with Gasteiger partial charge in [0.1, 0.15) is 11.8 Å². The van der Waals surface area contributed by atoms with E-state index in [4.69, 9.17) is 4.74 Å². The number of alkyl halides is 2. The van der Waals surface area contributed by atoms with Crippen LogP contribution in [0.2, 0.25) is 0 Å². The fourth-order valence-electron chi connectivity index (χ4n) is 3.95. The number of rotatable bonds is 5. The van der Waals surface area contributed by atoms with Crippen molar-refractivity contribution in [1.29, 1.82) is 0 Å². The molecule has 26 heavy (non-hydrogen) atoms. The molecule has 3 atom stereocenters. The molecule has 4 N–H and O–H groups in total. The van der Waals surface area contributed by atoms with Gasteiger partial charge in [-0.2, -0.15) is 0 Å². The van der Waals surface area contributed by atoms with Crippen LogP contribution in [0.25, 0.3) is 0 Å². The number of fused-ring (bicyclic) bond motifs is 1. The number of aliphatic hydroxyl groups excluding tert-OH is 1. The van der Waals surface area contributed by atoms with Gasteiger partial charge in [0.05, 0.1) is 24.8 Å². The van der Waals surface area contributed by atoms with E-state index in [1.807, 2.05) is 18.2 Å². The molecule has 1 saturated carbocycles. The number of ether oxygens (including phenoxy) is 1. The Kier molecular flexibility index (Phi) is 4.81. The predicted molar refractivity (Wildman–Crippen MR) is 89.7 cm³/mol. The normalized spacial score (nSPS) is 31.2. The highest BCUT2D eigenvalue weighted by atomic mass is 19.3. The van der Waals surface area contributed by atoms with Crippen LogP contribution in [0.5, 0.6) is 5.75 Å². The van der Waals surface area contributed by atoms with E-state index in [0.29, 0.717) is 19.4 Å². The Hall–Kier alpha value is -1.77. The predicted octanol–water partition coefficient (Wildman–Crippen LogP) is 1.05. The molecule has 3 aliphatic rings. The number of aliphatic hydroxyl groups is 1. The number of carbonyl (C=O) groups excluding carboxylic acids is 1. The maximum Gasteiger partial charge on any atom is 0.255 e. The van der Waals surface area contributed by atoms with E-state index >= 15 is 0 Å². The zero-order valence-electron chi connectivity index (χ0n) is 14.3. The van der Waals surface area contributed by atoms with Gasteiger partial charge >= 0.3 is 0 Å². The largest absolute Gasteiger partial charge is 0.493 e. The smallest absolute Gasteiger partial charge is 0.255 e. The first-order valence-electron chi connectivity index (χ1n) is 9.04. The summed E-state index contributed by atoms with van der Waals surface area (Å²) in [6, 6.07) is 3.92. The summed E-state index contributed by atoms with van der Waals surface area (Å²) in [5.41, 5.74) is 7.22. The number of nitrogens with one attached hydrogen (secondary N) is 3. The van der Waals surface area contributed by atoms with Crippen LogP contribution in [0.15, 0.2) is 18.2 Å². The van der Waals surface area contributed by atoms with E-state index in [1.54, 1.807) is 0 Å².